The molecule has 3 rings (SSSR count). The highest BCUT2D eigenvalue weighted by Crippen LogP contribution is 2.29. The molecular weight excluding hydrogens is 398 g/mol. The molecule has 1 amide bonds. The summed E-state index contributed by atoms with van der Waals surface area (Å²) in [7, 11) is -1.55. The van der Waals surface area contributed by atoms with Gasteiger partial charge in [0.1, 0.15) is 11.5 Å². The summed E-state index contributed by atoms with van der Waals surface area (Å²) in [5, 5.41) is 0. The third-order valence-corrected chi connectivity index (χ3v) is 7.13. The molecular formula is C20H27NO7S. The third kappa shape index (κ3) is 5.85. The molecule has 1 aromatic carbocycles. The number of methoxy groups -OCH3 is 1. The predicted octanol–water partition coefficient (Wildman–Crippen LogP) is 1.58. The van der Waals surface area contributed by atoms with E-state index in [1.165, 1.54) is 0 Å². The molecule has 2 fully saturated rings. The van der Waals surface area contributed by atoms with E-state index < -0.39 is 22.4 Å². The lowest BCUT2D eigenvalue weighted by Crippen LogP contribution is -2.48. The van der Waals surface area contributed by atoms with Gasteiger partial charge in [0.15, 0.2) is 23.1 Å². The van der Waals surface area contributed by atoms with Gasteiger partial charge < -0.3 is 19.1 Å². The van der Waals surface area contributed by atoms with Crippen LogP contribution < -0.4 is 9.47 Å². The Morgan fingerprint density at radius 1 is 1.00 bits per heavy atom. The van der Waals surface area contributed by atoms with Crippen molar-refractivity contribution in [1.29, 1.82) is 0 Å². The molecule has 0 bridgehead atoms. The van der Waals surface area contributed by atoms with Crippen LogP contribution in [0.4, 0.5) is 0 Å². The predicted molar refractivity (Wildman–Crippen MR) is 106 cm³/mol. The van der Waals surface area contributed by atoms with Crippen molar-refractivity contribution in [2.24, 2.45) is 0 Å². The first-order valence-electron chi connectivity index (χ1n) is 9.82. The summed E-state index contributed by atoms with van der Waals surface area (Å²) in [5.74, 6) is 0.258. The lowest BCUT2D eigenvalue weighted by Gasteiger charge is -2.33. The Morgan fingerprint density at radius 2 is 1.66 bits per heavy atom. The molecule has 0 aromatic heterocycles. The van der Waals surface area contributed by atoms with E-state index in [2.05, 4.69) is 0 Å². The number of carbonyl (C=O) groups is 2. The van der Waals surface area contributed by atoms with Gasteiger partial charge in [-0.3, -0.25) is 4.79 Å². The summed E-state index contributed by atoms with van der Waals surface area (Å²) in [6, 6.07) is 6.44. The zero-order valence-corrected chi connectivity index (χ0v) is 17.4. The van der Waals surface area contributed by atoms with E-state index in [-0.39, 0.29) is 36.1 Å². The summed E-state index contributed by atoms with van der Waals surface area (Å²) in [6.07, 6.45) is 4.19. The Morgan fingerprint density at radius 3 is 2.24 bits per heavy atom. The van der Waals surface area contributed by atoms with E-state index >= 15 is 0 Å². The summed E-state index contributed by atoms with van der Waals surface area (Å²) in [4.78, 5) is 26.4. The minimum atomic E-state index is -3.11. The average Bonchev–Trinajstić information content (AvgIpc) is 3.35. The van der Waals surface area contributed by atoms with Gasteiger partial charge in [-0.25, -0.2) is 13.2 Å². The zero-order valence-electron chi connectivity index (χ0n) is 16.5. The van der Waals surface area contributed by atoms with Gasteiger partial charge >= 0.3 is 5.97 Å². The van der Waals surface area contributed by atoms with Crippen LogP contribution in [0.2, 0.25) is 0 Å². The van der Waals surface area contributed by atoms with Gasteiger partial charge in [-0.2, -0.15) is 0 Å². The number of amides is 1. The minimum Gasteiger partial charge on any atom is -0.497 e. The van der Waals surface area contributed by atoms with Crippen LogP contribution in [0.3, 0.4) is 0 Å². The molecule has 29 heavy (non-hydrogen) atoms. The molecule has 2 aliphatic rings. The largest absolute Gasteiger partial charge is 0.497 e. The van der Waals surface area contributed by atoms with Crippen molar-refractivity contribution in [3.63, 3.8) is 0 Å². The Balaban J connectivity index is 1.51. The van der Waals surface area contributed by atoms with Crippen LogP contribution in [-0.2, 0) is 24.2 Å². The quantitative estimate of drug-likeness (QED) is 0.583. The summed E-state index contributed by atoms with van der Waals surface area (Å²) >= 11 is 0. The minimum absolute atomic E-state index is 0.0102. The number of hydrogen-bond donors (Lipinski definition) is 0. The number of nitrogens with zero attached hydrogens (tertiary/aromatic N) is 1. The van der Waals surface area contributed by atoms with E-state index in [1.54, 1.807) is 36.3 Å². The molecule has 0 radical (unpaired) electrons. The van der Waals surface area contributed by atoms with Crippen LogP contribution >= 0.6 is 0 Å². The fourth-order valence-corrected chi connectivity index (χ4v) is 5.67. The number of ether oxygens (including phenoxy) is 3. The Kier molecular flexibility index (Phi) is 7.00. The number of esters is 1. The van der Waals surface area contributed by atoms with Gasteiger partial charge in [0.25, 0.3) is 5.91 Å². The standard InChI is InChI=1S/C20H27NO7S/c1-26-17-6-8-18(9-7-17)27-13-20(23)28-12-19(22)21(15-4-2-3-5-15)16-10-11-29(24,25)14-16/h6-9,15-16H,2-5,10-14H2,1H3/t16-/m1/s1. The maximum atomic E-state index is 12.8. The van der Waals surface area contributed by atoms with E-state index in [4.69, 9.17) is 14.2 Å². The number of sulfone groups is 1. The molecule has 1 aliphatic heterocycles. The molecule has 0 N–H and O–H groups in total. The number of hydrogen-bond acceptors (Lipinski definition) is 7. The SMILES string of the molecule is COc1ccc(OCC(=O)OCC(=O)N(C2CCCC2)[C@@H]2CCS(=O)(=O)C2)cc1. The fraction of sp³-hybridized carbons (Fsp3) is 0.600. The van der Waals surface area contributed by atoms with E-state index in [1.807, 2.05) is 0 Å². The molecule has 0 spiro atoms. The van der Waals surface area contributed by atoms with Gasteiger partial charge in [-0.15, -0.1) is 0 Å². The number of carbonyl (C=O) groups excluding carboxylic acids is 2. The number of rotatable bonds is 8. The van der Waals surface area contributed by atoms with Gasteiger partial charge in [0.2, 0.25) is 0 Å². The molecule has 0 unspecified atom stereocenters. The van der Waals surface area contributed by atoms with E-state index in [0.29, 0.717) is 17.9 Å². The smallest absolute Gasteiger partial charge is 0.344 e. The van der Waals surface area contributed by atoms with E-state index in [0.717, 1.165) is 25.7 Å². The molecule has 8 nitrogen and oxygen atoms in total. The van der Waals surface area contributed by atoms with Crippen LogP contribution in [0, 0.1) is 0 Å². The molecule has 1 saturated heterocycles. The van der Waals surface area contributed by atoms with Gasteiger partial charge in [0, 0.05) is 12.1 Å². The van der Waals surface area contributed by atoms with Gasteiger partial charge in [0.05, 0.1) is 18.6 Å². The van der Waals surface area contributed by atoms with Gasteiger partial charge in [-0.1, -0.05) is 12.8 Å². The van der Waals surface area contributed by atoms with Crippen LogP contribution in [0.1, 0.15) is 32.1 Å². The Hall–Kier alpha value is -2.29. The topological polar surface area (TPSA) is 99.2 Å². The molecule has 1 heterocycles. The zero-order chi connectivity index (χ0) is 20.9. The maximum Gasteiger partial charge on any atom is 0.344 e. The summed E-state index contributed by atoms with van der Waals surface area (Å²) < 4.78 is 39.2. The van der Waals surface area contributed by atoms with E-state index in [9.17, 15) is 18.0 Å². The monoisotopic (exact) mass is 425 g/mol. The molecule has 1 atom stereocenters. The first-order chi connectivity index (χ1) is 13.9. The van der Waals surface area contributed by atoms with Crippen LogP contribution in [0.25, 0.3) is 0 Å². The fourth-order valence-electron chi connectivity index (χ4n) is 3.96. The normalized spacial score (nSPS) is 20.9. The Bertz CT molecular complexity index is 816. The average molecular weight is 426 g/mol. The van der Waals surface area contributed by atoms with Crippen LogP contribution in [0.15, 0.2) is 24.3 Å². The Labute approximate surface area is 171 Å². The molecule has 9 heteroatoms. The van der Waals surface area contributed by atoms with Crippen molar-refractivity contribution in [3.8, 4) is 11.5 Å². The second kappa shape index (κ2) is 9.47. The van der Waals surface area contributed by atoms with Crippen molar-refractivity contribution in [2.45, 2.75) is 44.2 Å². The first-order valence-corrected chi connectivity index (χ1v) is 11.6. The first kappa shape index (κ1) is 21.4. The van der Waals surface area contributed by atoms with Crippen molar-refractivity contribution in [3.05, 3.63) is 24.3 Å². The molecule has 160 valence electrons. The van der Waals surface area contributed by atoms with Crippen molar-refractivity contribution >= 4 is 21.7 Å². The second-order valence-electron chi connectivity index (χ2n) is 7.42. The lowest BCUT2D eigenvalue weighted by atomic mass is 10.1. The molecule has 1 aliphatic carbocycles. The molecule has 1 aromatic rings. The summed E-state index contributed by atoms with van der Waals surface area (Å²) in [5.41, 5.74) is 0. The van der Waals surface area contributed by atoms with Crippen LogP contribution in [0.5, 0.6) is 11.5 Å². The van der Waals surface area contributed by atoms with Gasteiger partial charge in [-0.05, 0) is 43.5 Å². The lowest BCUT2D eigenvalue weighted by molar-refractivity contribution is -0.155. The highest BCUT2D eigenvalue weighted by molar-refractivity contribution is 7.91. The van der Waals surface area contributed by atoms with Crippen molar-refractivity contribution in [1.82, 2.24) is 4.90 Å². The molecule has 1 saturated carbocycles. The van der Waals surface area contributed by atoms with Crippen molar-refractivity contribution < 1.29 is 32.2 Å². The summed E-state index contributed by atoms with van der Waals surface area (Å²) in [6.45, 7) is -0.724. The number of benzene rings is 1. The second-order valence-corrected chi connectivity index (χ2v) is 9.65. The van der Waals surface area contributed by atoms with Crippen LogP contribution in [-0.4, -0.2) is 69.1 Å². The third-order valence-electron chi connectivity index (χ3n) is 5.38. The highest BCUT2D eigenvalue weighted by Gasteiger charge is 2.39. The maximum absolute atomic E-state index is 12.8. The van der Waals surface area contributed by atoms with Crippen molar-refractivity contribution in [2.75, 3.05) is 31.8 Å². The highest BCUT2D eigenvalue weighted by atomic mass is 32.2.